The standard InChI is InChI=1S/C26H32ClN5O3S/c1-5-7-22(33)30-19(11-23-31-18-9-8-17(27)10-20(18)36-23)25(35)32-21-12-26(21,16(4)6-2)14-29-24(34)15(3)13-28/h8-10,16,19,21H,3,5-7,11-12,14H2,1-2,4H3,(H,29,34)(H,30,33)(H,32,35)/t16?,19-,21?,26?/m0/s1. The summed E-state index contributed by atoms with van der Waals surface area (Å²) in [6.45, 7) is 9.85. The number of hydrogen-bond acceptors (Lipinski definition) is 6. The molecule has 0 aliphatic heterocycles. The van der Waals surface area contributed by atoms with Crippen LogP contribution in [0.1, 0.15) is 51.5 Å². The predicted molar refractivity (Wildman–Crippen MR) is 141 cm³/mol. The summed E-state index contributed by atoms with van der Waals surface area (Å²) in [5.74, 6) is -0.744. The Bertz CT molecular complexity index is 1210. The van der Waals surface area contributed by atoms with Crippen LogP contribution in [0.2, 0.25) is 5.02 Å². The van der Waals surface area contributed by atoms with Crippen LogP contribution in [0.5, 0.6) is 0 Å². The molecule has 0 saturated heterocycles. The van der Waals surface area contributed by atoms with Gasteiger partial charge in [-0.15, -0.1) is 11.3 Å². The Morgan fingerprint density at radius 2 is 2.11 bits per heavy atom. The maximum Gasteiger partial charge on any atom is 0.261 e. The SMILES string of the molecule is C=C(C#N)C(=O)NCC1(C(C)CC)CC1NC(=O)[C@H](Cc1nc2ccc(Cl)cc2s1)NC(=O)CCC. The average Bonchev–Trinajstić information content (AvgIpc) is 3.40. The van der Waals surface area contributed by atoms with Gasteiger partial charge in [0, 0.05) is 35.9 Å². The van der Waals surface area contributed by atoms with Crippen molar-refractivity contribution in [2.24, 2.45) is 11.3 Å². The molecule has 3 unspecified atom stereocenters. The zero-order valence-corrected chi connectivity index (χ0v) is 22.4. The van der Waals surface area contributed by atoms with Gasteiger partial charge in [0.1, 0.15) is 17.7 Å². The highest BCUT2D eigenvalue weighted by atomic mass is 35.5. The molecule has 3 amide bonds. The zero-order valence-electron chi connectivity index (χ0n) is 20.8. The first kappa shape index (κ1) is 27.6. The molecular weight excluding hydrogens is 498 g/mol. The number of rotatable bonds is 12. The number of nitriles is 1. The normalized spacial score (nSPS) is 20.1. The molecule has 4 atom stereocenters. The molecule has 1 aromatic carbocycles. The molecular formula is C26H32ClN5O3S. The second-order valence-electron chi connectivity index (χ2n) is 9.37. The van der Waals surface area contributed by atoms with Crippen molar-refractivity contribution in [3.8, 4) is 6.07 Å². The van der Waals surface area contributed by atoms with E-state index in [1.165, 1.54) is 11.3 Å². The third-order valence-electron chi connectivity index (χ3n) is 6.92. The van der Waals surface area contributed by atoms with E-state index in [0.717, 1.165) is 21.6 Å². The second-order valence-corrected chi connectivity index (χ2v) is 10.9. The smallest absolute Gasteiger partial charge is 0.261 e. The van der Waals surface area contributed by atoms with Gasteiger partial charge in [-0.2, -0.15) is 5.26 Å². The van der Waals surface area contributed by atoms with E-state index >= 15 is 0 Å². The van der Waals surface area contributed by atoms with E-state index in [-0.39, 0.29) is 41.2 Å². The second kappa shape index (κ2) is 11.8. The highest BCUT2D eigenvalue weighted by molar-refractivity contribution is 7.18. The summed E-state index contributed by atoms with van der Waals surface area (Å²) >= 11 is 7.55. The number of amides is 3. The van der Waals surface area contributed by atoms with Gasteiger partial charge in [0.15, 0.2) is 0 Å². The minimum atomic E-state index is -0.775. The predicted octanol–water partition coefficient (Wildman–Crippen LogP) is 3.89. The molecule has 36 heavy (non-hydrogen) atoms. The largest absolute Gasteiger partial charge is 0.351 e. The number of nitrogens with zero attached hydrogens (tertiary/aromatic N) is 2. The highest BCUT2D eigenvalue weighted by Crippen LogP contribution is 2.52. The Hall–Kier alpha value is -2.96. The van der Waals surface area contributed by atoms with Gasteiger partial charge in [0.05, 0.1) is 15.2 Å². The lowest BCUT2D eigenvalue weighted by Crippen LogP contribution is -2.50. The lowest BCUT2D eigenvalue weighted by Gasteiger charge is -2.26. The van der Waals surface area contributed by atoms with Crippen LogP contribution in [-0.2, 0) is 20.8 Å². The number of carbonyl (C=O) groups excluding carboxylic acids is 3. The number of benzene rings is 1. The number of carbonyl (C=O) groups is 3. The first-order chi connectivity index (χ1) is 17.1. The Labute approximate surface area is 220 Å². The lowest BCUT2D eigenvalue weighted by molar-refractivity contribution is -0.129. The topological polar surface area (TPSA) is 124 Å². The van der Waals surface area contributed by atoms with Gasteiger partial charge < -0.3 is 16.0 Å². The van der Waals surface area contributed by atoms with Crippen LogP contribution in [0.25, 0.3) is 10.2 Å². The van der Waals surface area contributed by atoms with E-state index in [1.54, 1.807) is 12.1 Å². The van der Waals surface area contributed by atoms with E-state index in [9.17, 15) is 14.4 Å². The molecule has 1 heterocycles. The van der Waals surface area contributed by atoms with Crippen molar-refractivity contribution in [2.75, 3.05) is 6.54 Å². The molecule has 10 heteroatoms. The molecule has 1 aromatic heterocycles. The maximum absolute atomic E-state index is 13.4. The summed E-state index contributed by atoms with van der Waals surface area (Å²) in [6, 6.07) is 6.27. The van der Waals surface area contributed by atoms with Crippen molar-refractivity contribution in [2.45, 2.75) is 65.0 Å². The fourth-order valence-electron chi connectivity index (χ4n) is 4.42. The Balaban J connectivity index is 1.74. The highest BCUT2D eigenvalue weighted by Gasteiger charge is 2.57. The van der Waals surface area contributed by atoms with Crippen LogP contribution in [0.15, 0.2) is 30.4 Å². The molecule has 0 bridgehead atoms. The lowest BCUT2D eigenvalue weighted by atomic mass is 9.87. The van der Waals surface area contributed by atoms with E-state index in [0.29, 0.717) is 30.8 Å². The first-order valence-corrected chi connectivity index (χ1v) is 13.3. The Morgan fingerprint density at radius 1 is 1.36 bits per heavy atom. The molecule has 1 fully saturated rings. The molecule has 8 nitrogen and oxygen atoms in total. The number of nitrogens with one attached hydrogen (secondary N) is 3. The van der Waals surface area contributed by atoms with Crippen LogP contribution < -0.4 is 16.0 Å². The summed E-state index contributed by atoms with van der Waals surface area (Å²) in [6.07, 6.45) is 2.83. The molecule has 0 spiro atoms. The minimum Gasteiger partial charge on any atom is -0.351 e. The molecule has 3 rings (SSSR count). The van der Waals surface area contributed by atoms with Gasteiger partial charge in [-0.3, -0.25) is 14.4 Å². The van der Waals surface area contributed by atoms with Crippen molar-refractivity contribution >= 4 is 50.9 Å². The monoisotopic (exact) mass is 529 g/mol. The summed E-state index contributed by atoms with van der Waals surface area (Å²) in [5.41, 5.74) is 0.331. The van der Waals surface area contributed by atoms with Gasteiger partial charge in [-0.05, 0) is 37.0 Å². The van der Waals surface area contributed by atoms with Crippen molar-refractivity contribution in [3.63, 3.8) is 0 Å². The van der Waals surface area contributed by atoms with Crippen LogP contribution in [0, 0.1) is 22.7 Å². The molecule has 2 aromatic rings. The first-order valence-electron chi connectivity index (χ1n) is 12.1. The number of halogens is 1. The van der Waals surface area contributed by atoms with Gasteiger partial charge >= 0.3 is 0 Å². The molecule has 1 aliphatic rings. The van der Waals surface area contributed by atoms with Crippen molar-refractivity contribution < 1.29 is 14.4 Å². The summed E-state index contributed by atoms with van der Waals surface area (Å²) < 4.78 is 0.921. The van der Waals surface area contributed by atoms with Gasteiger partial charge in [0.2, 0.25) is 11.8 Å². The van der Waals surface area contributed by atoms with Crippen LogP contribution in [0.3, 0.4) is 0 Å². The van der Waals surface area contributed by atoms with Crippen LogP contribution >= 0.6 is 22.9 Å². The van der Waals surface area contributed by atoms with E-state index in [2.05, 4.69) is 41.4 Å². The van der Waals surface area contributed by atoms with E-state index in [1.807, 2.05) is 19.1 Å². The number of fused-ring (bicyclic) bond motifs is 1. The van der Waals surface area contributed by atoms with Crippen LogP contribution in [-0.4, -0.2) is 41.3 Å². The van der Waals surface area contributed by atoms with Gasteiger partial charge in [-0.1, -0.05) is 45.4 Å². The molecule has 192 valence electrons. The van der Waals surface area contributed by atoms with E-state index in [4.69, 9.17) is 16.9 Å². The van der Waals surface area contributed by atoms with Crippen molar-refractivity contribution in [3.05, 3.63) is 40.4 Å². The number of hydrogen-bond donors (Lipinski definition) is 3. The maximum atomic E-state index is 13.4. The average molecular weight is 530 g/mol. The molecule has 0 radical (unpaired) electrons. The Kier molecular flexibility index (Phi) is 9.09. The number of thiazole rings is 1. The van der Waals surface area contributed by atoms with Gasteiger partial charge in [0.25, 0.3) is 5.91 Å². The molecule has 1 aliphatic carbocycles. The third-order valence-corrected chi connectivity index (χ3v) is 8.19. The Morgan fingerprint density at radius 3 is 2.78 bits per heavy atom. The van der Waals surface area contributed by atoms with E-state index < -0.39 is 11.9 Å². The summed E-state index contributed by atoms with van der Waals surface area (Å²) in [7, 11) is 0. The molecule has 3 N–H and O–H groups in total. The minimum absolute atomic E-state index is 0.147. The van der Waals surface area contributed by atoms with Crippen molar-refractivity contribution in [1.29, 1.82) is 5.26 Å². The molecule has 1 saturated carbocycles. The number of aromatic nitrogens is 1. The zero-order chi connectivity index (χ0) is 26.5. The fraction of sp³-hybridized carbons (Fsp3) is 0.500. The van der Waals surface area contributed by atoms with Crippen LogP contribution in [0.4, 0.5) is 0 Å². The van der Waals surface area contributed by atoms with Crippen molar-refractivity contribution in [1.82, 2.24) is 20.9 Å². The quantitative estimate of drug-likeness (QED) is 0.284. The fourth-order valence-corrected chi connectivity index (χ4v) is 5.71. The summed E-state index contributed by atoms with van der Waals surface area (Å²) in [4.78, 5) is 42.5. The van der Waals surface area contributed by atoms with Gasteiger partial charge in [-0.25, -0.2) is 4.98 Å². The summed E-state index contributed by atoms with van der Waals surface area (Å²) in [5, 5.41) is 19.0. The third kappa shape index (κ3) is 6.42.